The lowest BCUT2D eigenvalue weighted by atomic mass is 9.86. The number of hydrogen-bond donors (Lipinski definition) is 1. The maximum Gasteiger partial charge on any atom is 0.332 e. The molecule has 0 bridgehead atoms. The molecule has 0 unspecified atom stereocenters. The fraction of sp³-hybridized carbons (Fsp3) is 0.600. The molecular formula is C15H21N3O5. The molecule has 1 fully saturated rings. The summed E-state index contributed by atoms with van der Waals surface area (Å²) in [5.74, 6) is -1.45. The first-order chi connectivity index (χ1) is 10.9. The van der Waals surface area contributed by atoms with Crippen molar-refractivity contribution in [2.45, 2.75) is 39.2 Å². The van der Waals surface area contributed by atoms with Crippen LogP contribution >= 0.6 is 0 Å². The van der Waals surface area contributed by atoms with E-state index in [0.29, 0.717) is 13.0 Å². The molecule has 1 aromatic rings. The molecule has 0 spiro atoms. The lowest BCUT2D eigenvalue weighted by Gasteiger charge is -2.22. The van der Waals surface area contributed by atoms with Crippen molar-refractivity contribution in [3.8, 4) is 0 Å². The number of esters is 1. The van der Waals surface area contributed by atoms with Crippen LogP contribution < -0.4 is 17.0 Å². The standard InChI is InChI=1S/C15H21N3O5/c1-3-7-18-12(16)11(13(20)17(2)15(18)22)10(19)8-23-14(21)9-5-4-6-9/h9H,3-8,16H2,1-2H3. The Morgan fingerprint density at radius 2 is 1.96 bits per heavy atom. The summed E-state index contributed by atoms with van der Waals surface area (Å²) in [5.41, 5.74) is 4.18. The summed E-state index contributed by atoms with van der Waals surface area (Å²) < 4.78 is 6.99. The Kier molecular flexibility index (Phi) is 5.02. The topological polar surface area (TPSA) is 113 Å². The van der Waals surface area contributed by atoms with Crippen molar-refractivity contribution in [1.82, 2.24) is 9.13 Å². The molecule has 8 heteroatoms. The van der Waals surface area contributed by atoms with Crippen LogP contribution in [0.3, 0.4) is 0 Å². The van der Waals surface area contributed by atoms with Crippen molar-refractivity contribution in [3.05, 3.63) is 26.4 Å². The summed E-state index contributed by atoms with van der Waals surface area (Å²) in [6.07, 6.45) is 3.12. The molecule has 0 atom stereocenters. The van der Waals surface area contributed by atoms with Gasteiger partial charge in [0.2, 0.25) is 5.78 Å². The minimum absolute atomic E-state index is 0.156. The molecule has 1 aliphatic carbocycles. The summed E-state index contributed by atoms with van der Waals surface area (Å²) in [7, 11) is 1.29. The number of anilines is 1. The molecule has 23 heavy (non-hydrogen) atoms. The van der Waals surface area contributed by atoms with Crippen LogP contribution in [0.2, 0.25) is 0 Å². The van der Waals surface area contributed by atoms with E-state index in [2.05, 4.69) is 0 Å². The zero-order chi connectivity index (χ0) is 17.1. The summed E-state index contributed by atoms with van der Waals surface area (Å²) >= 11 is 0. The van der Waals surface area contributed by atoms with Gasteiger partial charge in [0, 0.05) is 13.6 Å². The van der Waals surface area contributed by atoms with Gasteiger partial charge in [-0.25, -0.2) is 4.79 Å². The van der Waals surface area contributed by atoms with Crippen molar-refractivity contribution >= 4 is 17.6 Å². The van der Waals surface area contributed by atoms with Crippen LogP contribution in [0.1, 0.15) is 43.0 Å². The van der Waals surface area contributed by atoms with Gasteiger partial charge in [-0.15, -0.1) is 0 Å². The number of Topliss-reactive ketones (excluding diaryl/α,β-unsaturated/α-hetero) is 1. The fourth-order valence-corrected chi connectivity index (χ4v) is 2.46. The number of nitrogens with two attached hydrogens (primary N) is 1. The van der Waals surface area contributed by atoms with Gasteiger partial charge in [-0.05, 0) is 19.3 Å². The zero-order valence-corrected chi connectivity index (χ0v) is 13.3. The molecule has 0 saturated heterocycles. The van der Waals surface area contributed by atoms with Crippen molar-refractivity contribution in [3.63, 3.8) is 0 Å². The number of aromatic nitrogens is 2. The first kappa shape index (κ1) is 17.0. The first-order valence-corrected chi connectivity index (χ1v) is 7.67. The van der Waals surface area contributed by atoms with E-state index in [4.69, 9.17) is 10.5 Å². The van der Waals surface area contributed by atoms with Crippen LogP contribution in [0.5, 0.6) is 0 Å². The number of ketones is 1. The van der Waals surface area contributed by atoms with E-state index in [1.54, 1.807) is 0 Å². The second kappa shape index (κ2) is 6.80. The predicted molar refractivity (Wildman–Crippen MR) is 83.3 cm³/mol. The van der Waals surface area contributed by atoms with Gasteiger partial charge in [0.05, 0.1) is 5.92 Å². The van der Waals surface area contributed by atoms with Crippen molar-refractivity contribution in [2.24, 2.45) is 13.0 Å². The Morgan fingerprint density at radius 3 is 2.48 bits per heavy atom. The minimum Gasteiger partial charge on any atom is -0.457 e. The average molecular weight is 323 g/mol. The number of ether oxygens (including phenoxy) is 1. The van der Waals surface area contributed by atoms with E-state index in [1.807, 2.05) is 6.92 Å². The van der Waals surface area contributed by atoms with E-state index in [0.717, 1.165) is 23.8 Å². The van der Waals surface area contributed by atoms with Gasteiger partial charge in [0.25, 0.3) is 5.56 Å². The van der Waals surface area contributed by atoms with Crippen LogP contribution in [-0.2, 0) is 23.1 Å². The van der Waals surface area contributed by atoms with Crippen LogP contribution in [0, 0.1) is 5.92 Å². The van der Waals surface area contributed by atoms with Gasteiger partial charge < -0.3 is 10.5 Å². The maximum absolute atomic E-state index is 12.3. The molecule has 2 rings (SSSR count). The van der Waals surface area contributed by atoms with Gasteiger partial charge in [-0.2, -0.15) is 0 Å². The smallest absolute Gasteiger partial charge is 0.332 e. The van der Waals surface area contributed by atoms with Gasteiger partial charge in [-0.1, -0.05) is 13.3 Å². The summed E-state index contributed by atoms with van der Waals surface area (Å²) in [4.78, 5) is 48.1. The normalized spacial score (nSPS) is 14.3. The molecule has 1 heterocycles. The van der Waals surface area contributed by atoms with Gasteiger partial charge in [-0.3, -0.25) is 23.5 Å². The Bertz CT molecular complexity index is 743. The third kappa shape index (κ3) is 3.20. The van der Waals surface area contributed by atoms with Crippen molar-refractivity contribution in [2.75, 3.05) is 12.3 Å². The highest BCUT2D eigenvalue weighted by Crippen LogP contribution is 2.27. The summed E-state index contributed by atoms with van der Waals surface area (Å²) in [5, 5.41) is 0. The molecule has 126 valence electrons. The molecule has 0 radical (unpaired) electrons. The molecule has 0 aliphatic heterocycles. The lowest BCUT2D eigenvalue weighted by molar-refractivity contribution is -0.150. The number of nitrogen functional groups attached to an aromatic ring is 1. The molecular weight excluding hydrogens is 302 g/mol. The molecule has 1 aromatic heterocycles. The Morgan fingerprint density at radius 1 is 1.30 bits per heavy atom. The number of carbonyl (C=O) groups excluding carboxylic acids is 2. The molecule has 0 aromatic carbocycles. The highest BCUT2D eigenvalue weighted by Gasteiger charge is 2.28. The van der Waals surface area contributed by atoms with Crippen LogP contribution in [0.4, 0.5) is 5.82 Å². The zero-order valence-electron chi connectivity index (χ0n) is 13.3. The summed E-state index contributed by atoms with van der Waals surface area (Å²) in [6, 6.07) is 0. The average Bonchev–Trinajstić information content (AvgIpc) is 2.46. The Balaban J connectivity index is 2.27. The highest BCUT2D eigenvalue weighted by atomic mass is 16.5. The van der Waals surface area contributed by atoms with Crippen LogP contribution in [0.15, 0.2) is 9.59 Å². The Labute approximate surface area is 132 Å². The van der Waals surface area contributed by atoms with Gasteiger partial charge in [0.15, 0.2) is 6.61 Å². The Hall–Kier alpha value is -2.38. The largest absolute Gasteiger partial charge is 0.457 e. The number of carbonyl (C=O) groups is 2. The molecule has 8 nitrogen and oxygen atoms in total. The lowest BCUT2D eigenvalue weighted by Crippen LogP contribution is -2.43. The van der Waals surface area contributed by atoms with E-state index in [-0.39, 0.29) is 17.3 Å². The quantitative estimate of drug-likeness (QED) is 0.585. The summed E-state index contributed by atoms with van der Waals surface area (Å²) in [6.45, 7) is 1.60. The first-order valence-electron chi connectivity index (χ1n) is 7.67. The van der Waals surface area contributed by atoms with E-state index >= 15 is 0 Å². The van der Waals surface area contributed by atoms with E-state index in [1.165, 1.54) is 11.6 Å². The third-order valence-electron chi connectivity index (χ3n) is 4.09. The number of nitrogens with zero attached hydrogens (tertiary/aromatic N) is 2. The number of rotatable bonds is 6. The monoisotopic (exact) mass is 323 g/mol. The molecule has 1 saturated carbocycles. The second-order valence-corrected chi connectivity index (χ2v) is 5.72. The van der Waals surface area contributed by atoms with Crippen LogP contribution in [0.25, 0.3) is 0 Å². The molecule has 1 aliphatic rings. The molecule has 0 amide bonds. The predicted octanol–water partition coefficient (Wildman–Crippen LogP) is 0.0652. The highest BCUT2D eigenvalue weighted by molar-refractivity contribution is 6.01. The van der Waals surface area contributed by atoms with Crippen LogP contribution in [-0.4, -0.2) is 27.5 Å². The molecule has 2 N–H and O–H groups in total. The van der Waals surface area contributed by atoms with Crippen molar-refractivity contribution < 1.29 is 14.3 Å². The van der Waals surface area contributed by atoms with Gasteiger partial charge in [0.1, 0.15) is 11.4 Å². The van der Waals surface area contributed by atoms with E-state index < -0.39 is 29.6 Å². The van der Waals surface area contributed by atoms with Crippen molar-refractivity contribution in [1.29, 1.82) is 0 Å². The van der Waals surface area contributed by atoms with E-state index in [9.17, 15) is 19.2 Å². The number of hydrogen-bond acceptors (Lipinski definition) is 6. The fourth-order valence-electron chi connectivity index (χ4n) is 2.46. The second-order valence-electron chi connectivity index (χ2n) is 5.72. The minimum atomic E-state index is -0.774. The third-order valence-corrected chi connectivity index (χ3v) is 4.09. The SMILES string of the molecule is CCCn1c(N)c(C(=O)COC(=O)C2CCC2)c(=O)n(C)c1=O. The van der Waals surface area contributed by atoms with Gasteiger partial charge >= 0.3 is 11.7 Å². The maximum atomic E-state index is 12.3.